The number of aliphatic carboxylic acids is 1. The fourth-order valence-corrected chi connectivity index (χ4v) is 2.42. The van der Waals surface area contributed by atoms with Crippen molar-refractivity contribution in [2.45, 2.75) is 58.7 Å². The molecule has 1 amide bonds. The van der Waals surface area contributed by atoms with E-state index in [1.54, 1.807) is 11.9 Å². The molecule has 0 aliphatic carbocycles. The van der Waals surface area contributed by atoms with Crippen LogP contribution in [-0.2, 0) is 14.3 Å². The van der Waals surface area contributed by atoms with Gasteiger partial charge >= 0.3 is 5.97 Å². The van der Waals surface area contributed by atoms with E-state index >= 15 is 0 Å². The molecule has 124 valence electrons. The normalized spacial score (nSPS) is 17.1. The Morgan fingerprint density at radius 1 is 1.29 bits per heavy atom. The third-order valence-electron chi connectivity index (χ3n) is 4.08. The van der Waals surface area contributed by atoms with E-state index in [1.807, 2.05) is 27.7 Å². The number of carboxylic acid groups (broad SMARTS) is 1. The summed E-state index contributed by atoms with van der Waals surface area (Å²) < 4.78 is 5.34. The predicted molar refractivity (Wildman–Crippen MR) is 81.9 cm³/mol. The predicted octanol–water partition coefficient (Wildman–Crippen LogP) is 1.33. The summed E-state index contributed by atoms with van der Waals surface area (Å²) in [6.07, 6.45) is 0.129. The van der Waals surface area contributed by atoms with Gasteiger partial charge in [0.15, 0.2) is 0 Å². The first-order chi connectivity index (χ1) is 9.67. The van der Waals surface area contributed by atoms with Gasteiger partial charge in [-0.25, -0.2) is 0 Å². The summed E-state index contributed by atoms with van der Waals surface area (Å²) in [5.41, 5.74) is 5.93. The maximum atomic E-state index is 12.5. The van der Waals surface area contributed by atoms with Gasteiger partial charge in [-0.1, -0.05) is 34.1 Å². The fraction of sp³-hybridized carbons (Fsp3) is 0.867. The molecule has 0 aromatic carbocycles. The monoisotopic (exact) mass is 302 g/mol. The zero-order chi connectivity index (χ0) is 16.7. The number of methoxy groups -OCH3 is 1. The number of carbonyl (C=O) groups excluding carboxylic acids is 1. The molecular formula is C15H30N2O4. The first-order valence-electron chi connectivity index (χ1n) is 7.44. The van der Waals surface area contributed by atoms with Crippen molar-refractivity contribution in [3.05, 3.63) is 0 Å². The van der Waals surface area contributed by atoms with Crippen LogP contribution in [-0.4, -0.2) is 54.2 Å². The summed E-state index contributed by atoms with van der Waals surface area (Å²) in [5, 5.41) is 9.03. The summed E-state index contributed by atoms with van der Waals surface area (Å²) in [5.74, 6) is -0.979. The van der Waals surface area contributed by atoms with Crippen LogP contribution in [0.25, 0.3) is 0 Å². The lowest BCUT2D eigenvalue weighted by Crippen LogP contribution is -2.55. The zero-order valence-electron chi connectivity index (χ0n) is 14.0. The summed E-state index contributed by atoms with van der Waals surface area (Å²) in [7, 11) is 3.15. The highest BCUT2D eigenvalue weighted by Gasteiger charge is 2.35. The molecule has 4 atom stereocenters. The van der Waals surface area contributed by atoms with E-state index in [2.05, 4.69) is 0 Å². The van der Waals surface area contributed by atoms with Gasteiger partial charge in [-0.05, 0) is 11.8 Å². The van der Waals surface area contributed by atoms with Crippen molar-refractivity contribution in [3.63, 3.8) is 0 Å². The Morgan fingerprint density at radius 2 is 1.81 bits per heavy atom. The number of amides is 1. The quantitative estimate of drug-likeness (QED) is 0.670. The van der Waals surface area contributed by atoms with Crippen LogP contribution in [0, 0.1) is 11.8 Å². The lowest BCUT2D eigenvalue weighted by atomic mass is 9.90. The van der Waals surface area contributed by atoms with E-state index in [4.69, 9.17) is 15.6 Å². The topological polar surface area (TPSA) is 92.9 Å². The van der Waals surface area contributed by atoms with Crippen LogP contribution in [0.5, 0.6) is 0 Å². The fourth-order valence-electron chi connectivity index (χ4n) is 2.42. The van der Waals surface area contributed by atoms with Crippen molar-refractivity contribution in [3.8, 4) is 0 Å². The van der Waals surface area contributed by atoms with Crippen LogP contribution < -0.4 is 5.73 Å². The lowest BCUT2D eigenvalue weighted by Gasteiger charge is -2.38. The zero-order valence-corrected chi connectivity index (χ0v) is 14.0. The van der Waals surface area contributed by atoms with Crippen molar-refractivity contribution in [1.29, 1.82) is 0 Å². The van der Waals surface area contributed by atoms with Crippen LogP contribution in [0.4, 0.5) is 0 Å². The smallest absolute Gasteiger partial charge is 0.306 e. The van der Waals surface area contributed by atoms with Crippen molar-refractivity contribution in [2.24, 2.45) is 17.6 Å². The Labute approximate surface area is 127 Å². The molecule has 6 heteroatoms. The molecule has 0 heterocycles. The highest BCUT2D eigenvalue weighted by molar-refractivity contribution is 5.82. The molecule has 0 fully saturated rings. The minimum atomic E-state index is -0.941. The van der Waals surface area contributed by atoms with Crippen LogP contribution in [0.1, 0.15) is 40.5 Å². The van der Waals surface area contributed by atoms with Gasteiger partial charge in [-0.15, -0.1) is 0 Å². The molecule has 0 aromatic rings. The second-order valence-electron chi connectivity index (χ2n) is 5.97. The molecule has 3 unspecified atom stereocenters. The number of ether oxygens (including phenoxy) is 1. The van der Waals surface area contributed by atoms with Crippen LogP contribution in [0.3, 0.4) is 0 Å². The Kier molecular flexibility index (Phi) is 8.51. The molecule has 0 aliphatic heterocycles. The third-order valence-corrected chi connectivity index (χ3v) is 4.08. The van der Waals surface area contributed by atoms with Gasteiger partial charge in [0, 0.05) is 14.2 Å². The van der Waals surface area contributed by atoms with E-state index in [0.717, 1.165) is 6.42 Å². The summed E-state index contributed by atoms with van der Waals surface area (Å²) in [6.45, 7) is 7.77. The maximum absolute atomic E-state index is 12.5. The Balaban J connectivity index is 5.30. The standard InChI is InChI=1S/C15H30N2O4/c1-7-10(4)14(11(21-6)8-12(18)19)17(5)15(20)13(16)9(2)3/h9-11,13-14H,7-8,16H2,1-6H3,(H,18,19)/t10?,11?,13-,14?/m0/s1. The molecule has 21 heavy (non-hydrogen) atoms. The van der Waals surface area contributed by atoms with Gasteiger partial charge in [-0.2, -0.15) is 0 Å². The maximum Gasteiger partial charge on any atom is 0.306 e. The van der Waals surface area contributed by atoms with Crippen molar-refractivity contribution < 1.29 is 19.4 Å². The summed E-state index contributed by atoms with van der Waals surface area (Å²) in [4.78, 5) is 25.0. The van der Waals surface area contributed by atoms with Gasteiger partial charge in [-0.3, -0.25) is 9.59 Å². The first-order valence-corrected chi connectivity index (χ1v) is 7.44. The summed E-state index contributed by atoms with van der Waals surface area (Å²) in [6, 6.07) is -0.905. The van der Waals surface area contributed by atoms with Crippen LogP contribution in [0.2, 0.25) is 0 Å². The van der Waals surface area contributed by atoms with Crippen molar-refractivity contribution >= 4 is 11.9 Å². The molecule has 3 N–H and O–H groups in total. The Hall–Kier alpha value is -1.14. The molecule has 0 radical (unpaired) electrons. The third kappa shape index (κ3) is 5.63. The number of nitrogens with two attached hydrogens (primary N) is 1. The number of carboxylic acids is 1. The van der Waals surface area contributed by atoms with E-state index in [0.29, 0.717) is 0 Å². The largest absolute Gasteiger partial charge is 0.481 e. The van der Waals surface area contributed by atoms with Gasteiger partial charge in [0.1, 0.15) is 0 Å². The first kappa shape index (κ1) is 19.9. The molecule has 0 saturated heterocycles. The van der Waals surface area contributed by atoms with Gasteiger partial charge < -0.3 is 20.5 Å². The highest BCUT2D eigenvalue weighted by Crippen LogP contribution is 2.22. The van der Waals surface area contributed by atoms with E-state index in [9.17, 15) is 9.59 Å². The molecule has 6 nitrogen and oxygen atoms in total. The molecule has 0 aromatic heterocycles. The minimum Gasteiger partial charge on any atom is -0.481 e. The van der Waals surface area contributed by atoms with Crippen LogP contribution in [0.15, 0.2) is 0 Å². The van der Waals surface area contributed by atoms with Crippen molar-refractivity contribution in [2.75, 3.05) is 14.2 Å². The average molecular weight is 302 g/mol. The number of hydrogen-bond donors (Lipinski definition) is 2. The number of carbonyl (C=O) groups is 2. The van der Waals surface area contributed by atoms with Gasteiger partial charge in [0.25, 0.3) is 0 Å². The Bertz CT molecular complexity index is 347. The molecular weight excluding hydrogens is 272 g/mol. The van der Waals surface area contributed by atoms with Gasteiger partial charge in [0.05, 0.1) is 24.6 Å². The summed E-state index contributed by atoms with van der Waals surface area (Å²) >= 11 is 0. The number of likely N-dealkylation sites (N-methyl/N-ethyl adjacent to an activating group) is 1. The molecule has 0 bridgehead atoms. The average Bonchev–Trinajstić information content (AvgIpc) is 2.43. The number of nitrogens with zero attached hydrogens (tertiary/aromatic N) is 1. The minimum absolute atomic E-state index is 0.0259. The second kappa shape index (κ2) is 9.00. The number of hydrogen-bond acceptors (Lipinski definition) is 4. The lowest BCUT2D eigenvalue weighted by molar-refractivity contribution is -0.146. The Morgan fingerprint density at radius 3 is 2.14 bits per heavy atom. The van der Waals surface area contributed by atoms with Crippen LogP contribution >= 0.6 is 0 Å². The van der Waals surface area contributed by atoms with Gasteiger partial charge in [0.2, 0.25) is 5.91 Å². The van der Waals surface area contributed by atoms with E-state index in [-0.39, 0.29) is 30.2 Å². The molecule has 0 saturated carbocycles. The highest BCUT2D eigenvalue weighted by atomic mass is 16.5. The molecule has 0 aliphatic rings. The molecule has 0 rings (SSSR count). The van der Waals surface area contributed by atoms with E-state index < -0.39 is 18.1 Å². The SMILES string of the molecule is CCC(C)C(C(CC(=O)O)OC)N(C)C(=O)[C@@H](N)C(C)C. The van der Waals surface area contributed by atoms with Crippen molar-refractivity contribution in [1.82, 2.24) is 4.90 Å². The van der Waals surface area contributed by atoms with E-state index in [1.165, 1.54) is 7.11 Å². The second-order valence-corrected chi connectivity index (χ2v) is 5.97. The number of rotatable bonds is 9. The molecule has 0 spiro atoms.